The minimum Gasteiger partial charge on any atom is -0.378 e. The lowest BCUT2D eigenvalue weighted by Crippen LogP contribution is -2.54. The summed E-state index contributed by atoms with van der Waals surface area (Å²) in [6.07, 6.45) is -21.7. The molecule has 1 atom stereocenters. The van der Waals surface area contributed by atoms with Crippen LogP contribution in [0, 0.1) is 5.41 Å². The topological polar surface area (TPSA) is 47.9 Å². The third-order valence-corrected chi connectivity index (χ3v) is 6.85. The molecule has 0 unspecified atom stereocenters. The van der Waals surface area contributed by atoms with Gasteiger partial charge in [-0.15, -0.1) is 0 Å². The molecule has 41 heavy (non-hydrogen) atoms. The van der Waals surface area contributed by atoms with Gasteiger partial charge in [-0.25, -0.2) is 4.99 Å². The van der Waals surface area contributed by atoms with Crippen molar-refractivity contribution in [3.05, 3.63) is 69.8 Å². The highest BCUT2D eigenvalue weighted by molar-refractivity contribution is 5.83. The second kappa shape index (κ2) is 9.42. The Labute approximate surface area is 224 Å². The van der Waals surface area contributed by atoms with Crippen molar-refractivity contribution < 1.29 is 57.8 Å². The van der Waals surface area contributed by atoms with Crippen LogP contribution in [-0.4, -0.2) is 41.6 Å². The van der Waals surface area contributed by atoms with Crippen molar-refractivity contribution >= 4 is 5.96 Å². The van der Waals surface area contributed by atoms with Crippen LogP contribution < -0.4 is 5.32 Å². The number of alkyl halides is 12. The molecule has 4 rings (SSSR count). The number of aliphatic imine (C=N–C) groups is 1. The molecule has 16 heteroatoms. The van der Waals surface area contributed by atoms with Crippen molar-refractivity contribution in [2.45, 2.75) is 50.2 Å². The Balaban J connectivity index is 2.05. The van der Waals surface area contributed by atoms with Crippen LogP contribution in [0.4, 0.5) is 52.7 Å². The lowest BCUT2D eigenvalue weighted by Gasteiger charge is -2.39. The molecule has 0 spiro atoms. The lowest BCUT2D eigenvalue weighted by atomic mass is 9.77. The number of benzene rings is 2. The smallest absolute Gasteiger partial charge is 0.378 e. The van der Waals surface area contributed by atoms with Crippen LogP contribution >= 0.6 is 0 Å². The number of hydrogen-bond donors (Lipinski definition) is 2. The van der Waals surface area contributed by atoms with Gasteiger partial charge in [-0.2, -0.15) is 52.7 Å². The highest BCUT2D eigenvalue weighted by atomic mass is 19.4. The first kappa shape index (κ1) is 30.8. The highest BCUT2D eigenvalue weighted by Crippen LogP contribution is 2.46. The van der Waals surface area contributed by atoms with Crippen molar-refractivity contribution in [3.63, 3.8) is 0 Å². The number of hydrogen-bond acceptors (Lipinski definition) is 4. The molecule has 0 aromatic heterocycles. The molecule has 0 aliphatic carbocycles. The zero-order chi connectivity index (χ0) is 31.0. The van der Waals surface area contributed by atoms with Crippen molar-refractivity contribution in [1.29, 1.82) is 0 Å². The largest absolute Gasteiger partial charge is 0.416 e. The number of nitrogens with one attached hydrogen (secondary N) is 1. The van der Waals surface area contributed by atoms with Gasteiger partial charge in [0.1, 0.15) is 11.6 Å². The van der Waals surface area contributed by atoms with Crippen LogP contribution in [0.5, 0.6) is 0 Å². The summed E-state index contributed by atoms with van der Waals surface area (Å²) in [5.74, 6) is 0.0267. The van der Waals surface area contributed by atoms with Crippen molar-refractivity contribution in [2.75, 3.05) is 19.6 Å². The Morgan fingerprint density at radius 3 is 1.37 bits per heavy atom. The predicted octanol–water partition coefficient (Wildman–Crippen LogP) is 6.67. The van der Waals surface area contributed by atoms with E-state index in [1.165, 1.54) is 4.90 Å². The monoisotopic (exact) mass is 607 g/mol. The Bertz CT molecular complexity index is 1220. The number of fused-ring (bicyclic) bond motifs is 1. The molecule has 0 saturated carbocycles. The number of guanidine groups is 1. The minimum absolute atomic E-state index is 0.0267. The molecular formula is C25H21F12N3O. The fourth-order valence-electron chi connectivity index (χ4n) is 4.88. The molecule has 1 saturated heterocycles. The number of nitrogens with zero attached hydrogens (tertiary/aromatic N) is 2. The van der Waals surface area contributed by atoms with Gasteiger partial charge >= 0.3 is 24.7 Å². The summed E-state index contributed by atoms with van der Waals surface area (Å²) in [7, 11) is 0. The molecular weight excluding hydrogens is 586 g/mol. The molecule has 226 valence electrons. The SMILES string of the molecule is CC1(C)CNC2=N[C@H](C(O)(c3cc(C(F)(F)F)cc(C(F)(F)F)c3)c3cc(C(F)(F)F)cc(C(F)(F)F)c3)CN2C1. The fourth-order valence-corrected chi connectivity index (χ4v) is 4.88. The maximum atomic E-state index is 13.7. The van der Waals surface area contributed by atoms with Gasteiger partial charge in [0.15, 0.2) is 5.96 Å². The van der Waals surface area contributed by atoms with Gasteiger partial charge in [0.05, 0.1) is 22.3 Å². The average molecular weight is 607 g/mol. The summed E-state index contributed by atoms with van der Waals surface area (Å²) in [6.45, 7) is 3.63. The average Bonchev–Trinajstić information content (AvgIpc) is 3.23. The first-order chi connectivity index (χ1) is 18.4. The fraction of sp³-hybridized carbons (Fsp3) is 0.480. The third kappa shape index (κ3) is 6.06. The molecule has 0 radical (unpaired) electrons. The molecule has 1 fully saturated rings. The quantitative estimate of drug-likeness (QED) is 0.384. The van der Waals surface area contributed by atoms with Crippen LogP contribution in [0.1, 0.15) is 47.2 Å². The lowest BCUT2D eigenvalue weighted by molar-refractivity contribution is -0.144. The standard InChI is InChI=1S/C25H21F12N3O/c1-20(2)10-38-19-39-18(9-40(19)11-20)21(41,12-3-14(22(26,27)28)7-15(4-12)23(29,30)31)13-5-16(24(32,33)34)8-17(6-13)25(35,36)37/h3-8,18,41H,9-11H2,1-2H3,(H,38,39)/t18-/m0/s1. The first-order valence-corrected chi connectivity index (χ1v) is 11.8. The zero-order valence-electron chi connectivity index (χ0n) is 21.0. The normalized spacial score (nSPS) is 20.0. The summed E-state index contributed by atoms with van der Waals surface area (Å²) in [5.41, 5.74) is -13.9. The highest BCUT2D eigenvalue weighted by Gasteiger charge is 2.50. The Morgan fingerprint density at radius 2 is 1.02 bits per heavy atom. The van der Waals surface area contributed by atoms with Crippen molar-refractivity contribution in [3.8, 4) is 0 Å². The molecule has 0 bridgehead atoms. The van der Waals surface area contributed by atoms with Crippen LogP contribution in [0.25, 0.3) is 0 Å². The van der Waals surface area contributed by atoms with E-state index < -0.39 is 81.7 Å². The molecule has 0 amide bonds. The Kier molecular flexibility index (Phi) is 7.08. The molecule has 2 N–H and O–H groups in total. The van der Waals surface area contributed by atoms with E-state index in [-0.39, 0.29) is 55.4 Å². The van der Waals surface area contributed by atoms with Gasteiger partial charge in [-0.3, -0.25) is 0 Å². The predicted molar refractivity (Wildman–Crippen MR) is 120 cm³/mol. The summed E-state index contributed by atoms with van der Waals surface area (Å²) in [4.78, 5) is 5.58. The van der Waals surface area contributed by atoms with Gasteiger partial charge in [0.2, 0.25) is 0 Å². The molecule has 2 aliphatic rings. The Hall–Kier alpha value is -3.17. The van der Waals surface area contributed by atoms with Gasteiger partial charge in [-0.1, -0.05) is 13.8 Å². The number of rotatable bonds is 3. The van der Waals surface area contributed by atoms with Gasteiger partial charge < -0.3 is 15.3 Å². The van der Waals surface area contributed by atoms with Gasteiger partial charge in [0, 0.05) is 19.6 Å². The van der Waals surface area contributed by atoms with Gasteiger partial charge in [-0.05, 0) is 52.9 Å². The summed E-state index contributed by atoms with van der Waals surface area (Å²) in [5, 5.41) is 14.8. The second-order valence-electron chi connectivity index (χ2n) is 10.7. The first-order valence-electron chi connectivity index (χ1n) is 11.8. The molecule has 2 aliphatic heterocycles. The number of aliphatic hydroxyl groups is 1. The second-order valence-corrected chi connectivity index (χ2v) is 10.7. The van der Waals surface area contributed by atoms with E-state index in [9.17, 15) is 57.8 Å². The van der Waals surface area contributed by atoms with Crippen LogP contribution in [0.3, 0.4) is 0 Å². The van der Waals surface area contributed by atoms with Crippen LogP contribution in [-0.2, 0) is 30.3 Å². The van der Waals surface area contributed by atoms with E-state index >= 15 is 0 Å². The zero-order valence-corrected chi connectivity index (χ0v) is 21.0. The van der Waals surface area contributed by atoms with E-state index in [2.05, 4.69) is 10.3 Å². The van der Waals surface area contributed by atoms with E-state index in [1.807, 2.05) is 0 Å². The summed E-state index contributed by atoms with van der Waals surface area (Å²) < 4.78 is 164. The van der Waals surface area contributed by atoms with Crippen LogP contribution in [0.15, 0.2) is 41.4 Å². The molecule has 2 aromatic rings. The summed E-state index contributed by atoms with van der Waals surface area (Å²) >= 11 is 0. The minimum atomic E-state index is -5.42. The molecule has 4 nitrogen and oxygen atoms in total. The van der Waals surface area contributed by atoms with E-state index in [4.69, 9.17) is 0 Å². The van der Waals surface area contributed by atoms with Crippen LogP contribution in [0.2, 0.25) is 0 Å². The Morgan fingerprint density at radius 1 is 0.683 bits per heavy atom. The maximum absolute atomic E-state index is 13.7. The van der Waals surface area contributed by atoms with E-state index in [1.54, 1.807) is 13.8 Å². The number of halogens is 12. The molecule has 2 aromatic carbocycles. The van der Waals surface area contributed by atoms with E-state index in [0.717, 1.165) is 0 Å². The van der Waals surface area contributed by atoms with Crippen molar-refractivity contribution in [1.82, 2.24) is 10.2 Å². The maximum Gasteiger partial charge on any atom is 0.416 e. The van der Waals surface area contributed by atoms with E-state index in [0.29, 0.717) is 0 Å². The van der Waals surface area contributed by atoms with Gasteiger partial charge in [0.25, 0.3) is 0 Å². The van der Waals surface area contributed by atoms with Crippen molar-refractivity contribution in [2.24, 2.45) is 10.4 Å². The third-order valence-electron chi connectivity index (χ3n) is 6.85. The molecule has 2 heterocycles. The summed E-state index contributed by atoms with van der Waals surface area (Å²) in [6, 6.07) is -2.09.